The first kappa shape index (κ1) is 30.4. The van der Waals surface area contributed by atoms with Gasteiger partial charge in [0.1, 0.15) is 12.4 Å². The Morgan fingerprint density at radius 2 is 2.00 bits per heavy atom. The fourth-order valence-electron chi connectivity index (χ4n) is 7.50. The third-order valence-electron chi connectivity index (χ3n) is 10.4. The summed E-state index contributed by atoms with van der Waals surface area (Å²) in [7, 11) is -3.58. The minimum atomic E-state index is -3.58. The zero-order chi connectivity index (χ0) is 30.3. The number of aliphatic hydroxyl groups excluding tert-OH is 1. The number of anilines is 1. The number of rotatable bonds is 10. The number of carbonyl (C=O) groups is 1. The van der Waals surface area contributed by atoms with Gasteiger partial charge in [0.05, 0.1) is 27.7 Å². The molecule has 8 heteroatoms. The number of hydrogen-bond donors (Lipinski definition) is 2. The number of hydrogen-bond acceptors (Lipinski definition) is 6. The highest BCUT2D eigenvalue weighted by Crippen LogP contribution is 2.52. The van der Waals surface area contributed by atoms with Gasteiger partial charge in [0.2, 0.25) is 5.91 Å². The van der Waals surface area contributed by atoms with Gasteiger partial charge in [0, 0.05) is 24.1 Å². The number of nitrogens with zero attached hydrogens (tertiary/aromatic N) is 1. The number of nitrogens with two attached hydrogens (primary N) is 1. The van der Waals surface area contributed by atoms with Crippen molar-refractivity contribution in [2.45, 2.75) is 74.4 Å². The third kappa shape index (κ3) is 5.06. The summed E-state index contributed by atoms with van der Waals surface area (Å²) in [4.78, 5) is 14.4. The van der Waals surface area contributed by atoms with Gasteiger partial charge in [-0.15, -0.1) is 13.2 Å². The molecule has 1 aliphatic heterocycles. The molecule has 5 rings (SSSR count). The Morgan fingerprint density at radius 1 is 1.24 bits per heavy atom. The minimum absolute atomic E-state index is 0.131. The first-order valence-corrected chi connectivity index (χ1v) is 16.6. The molecule has 2 aromatic carbocycles. The Hall–Kier alpha value is -3.10. The van der Waals surface area contributed by atoms with E-state index in [0.717, 1.165) is 29.7 Å². The maximum absolute atomic E-state index is 14.4. The van der Waals surface area contributed by atoms with E-state index in [9.17, 15) is 18.3 Å². The van der Waals surface area contributed by atoms with E-state index in [2.05, 4.69) is 37.1 Å². The van der Waals surface area contributed by atoms with E-state index in [0.29, 0.717) is 50.1 Å². The molecule has 2 unspecified atom stereocenters. The van der Waals surface area contributed by atoms with Gasteiger partial charge in [-0.05, 0) is 80.7 Å². The molecule has 1 fully saturated rings. The largest absolute Gasteiger partial charge is 0.490 e. The molecule has 0 bridgehead atoms. The SMILES string of the molecule is C=CCC[C@@H](C)S(=O)(=O)C1CCc2ccccc2C12COc1ccc(C(N)=O)cc1N(C[C@@H]1CC[C@@]1(C)[C@@H](O)C=C)C2. The molecule has 1 heterocycles. The third-order valence-corrected chi connectivity index (χ3v) is 13.3. The van der Waals surface area contributed by atoms with Gasteiger partial charge in [-0.1, -0.05) is 43.3 Å². The Kier molecular flexibility index (Phi) is 8.33. The van der Waals surface area contributed by atoms with E-state index in [1.165, 1.54) is 0 Å². The van der Waals surface area contributed by atoms with Crippen molar-refractivity contribution >= 4 is 21.4 Å². The van der Waals surface area contributed by atoms with Crippen LogP contribution in [0.2, 0.25) is 0 Å². The monoisotopic (exact) mass is 592 g/mol. The summed E-state index contributed by atoms with van der Waals surface area (Å²) in [5.74, 6) is 0.194. The predicted octanol–water partition coefficient (Wildman–Crippen LogP) is 4.97. The van der Waals surface area contributed by atoms with Crippen LogP contribution in [-0.2, 0) is 21.7 Å². The van der Waals surface area contributed by atoms with E-state index in [-0.39, 0.29) is 17.9 Å². The van der Waals surface area contributed by atoms with Crippen LogP contribution >= 0.6 is 0 Å². The molecule has 1 saturated carbocycles. The van der Waals surface area contributed by atoms with Crippen LogP contribution in [0.15, 0.2) is 67.8 Å². The lowest BCUT2D eigenvalue weighted by Crippen LogP contribution is -2.59. The molecule has 3 N–H and O–H groups in total. The van der Waals surface area contributed by atoms with Crippen LogP contribution in [0, 0.1) is 11.3 Å². The number of benzene rings is 2. The smallest absolute Gasteiger partial charge is 0.248 e. The summed E-state index contributed by atoms with van der Waals surface area (Å²) in [5, 5.41) is 9.67. The van der Waals surface area contributed by atoms with E-state index in [1.807, 2.05) is 19.1 Å². The summed E-state index contributed by atoms with van der Waals surface area (Å²) in [6, 6.07) is 13.3. The summed E-state index contributed by atoms with van der Waals surface area (Å²) in [5.41, 5.74) is 7.75. The van der Waals surface area contributed by atoms with Crippen molar-refractivity contribution in [3.05, 3.63) is 84.5 Å². The zero-order valence-corrected chi connectivity index (χ0v) is 25.6. The first-order valence-electron chi connectivity index (χ1n) is 15.0. The highest BCUT2D eigenvalue weighted by Gasteiger charge is 2.55. The standard InChI is InChI=1S/C34H44N2O5S/c1-5-7-10-23(3)42(39,40)31-16-14-24-11-8-9-12-27(24)34(31)21-36(20-26-17-18-33(26,4)30(37)6-2)28-19-25(32(35)38)13-15-29(28)41-22-34/h5-6,8-9,11-13,15,19,23,26,30-31,37H,1-2,7,10,14,16-18,20-22H2,3-4H3,(H2,35,38)/t23-,26+,30+,31?,33-,34?/m1/s1. The molecule has 2 aliphatic carbocycles. The number of carbonyl (C=O) groups excluding carboxylic acids is 1. The zero-order valence-electron chi connectivity index (χ0n) is 24.8. The van der Waals surface area contributed by atoms with E-state index < -0.39 is 37.8 Å². The maximum atomic E-state index is 14.4. The molecule has 2 aromatic rings. The lowest BCUT2D eigenvalue weighted by molar-refractivity contribution is -0.0466. The van der Waals surface area contributed by atoms with Gasteiger partial charge in [0.25, 0.3) is 0 Å². The molecule has 1 amide bonds. The minimum Gasteiger partial charge on any atom is -0.490 e. The van der Waals surface area contributed by atoms with Crippen molar-refractivity contribution in [3.63, 3.8) is 0 Å². The second kappa shape index (κ2) is 11.5. The summed E-state index contributed by atoms with van der Waals surface area (Å²) in [6.07, 6.45) is 6.86. The van der Waals surface area contributed by atoms with Crippen molar-refractivity contribution in [3.8, 4) is 5.75 Å². The summed E-state index contributed by atoms with van der Waals surface area (Å²) in [6.45, 7) is 12.7. The van der Waals surface area contributed by atoms with Crippen LogP contribution < -0.4 is 15.4 Å². The molecule has 0 radical (unpaired) electrons. The van der Waals surface area contributed by atoms with Crippen molar-refractivity contribution < 1.29 is 23.1 Å². The molecule has 0 aromatic heterocycles. The second-order valence-corrected chi connectivity index (χ2v) is 15.3. The molecular formula is C34H44N2O5S. The summed E-state index contributed by atoms with van der Waals surface area (Å²) >= 11 is 0. The quantitative estimate of drug-likeness (QED) is 0.377. The molecule has 7 nitrogen and oxygen atoms in total. The van der Waals surface area contributed by atoms with Crippen LogP contribution in [-0.4, -0.2) is 55.7 Å². The number of sulfone groups is 1. The molecule has 42 heavy (non-hydrogen) atoms. The Balaban J connectivity index is 1.65. The molecule has 3 aliphatic rings. The lowest BCUT2D eigenvalue weighted by atomic mass is 9.58. The van der Waals surface area contributed by atoms with Crippen LogP contribution in [0.3, 0.4) is 0 Å². The number of aliphatic hydroxyl groups is 1. The molecule has 6 atom stereocenters. The highest BCUT2D eigenvalue weighted by molar-refractivity contribution is 7.92. The van der Waals surface area contributed by atoms with Gasteiger partial charge in [-0.3, -0.25) is 4.79 Å². The van der Waals surface area contributed by atoms with Gasteiger partial charge < -0.3 is 20.5 Å². The first-order chi connectivity index (χ1) is 20.0. The van der Waals surface area contributed by atoms with Crippen LogP contribution in [0.1, 0.15) is 67.4 Å². The average molecular weight is 593 g/mol. The number of aryl methyl sites for hydroxylation is 1. The van der Waals surface area contributed by atoms with Crippen LogP contribution in [0.25, 0.3) is 0 Å². The van der Waals surface area contributed by atoms with Crippen LogP contribution in [0.4, 0.5) is 5.69 Å². The number of primary amides is 1. The van der Waals surface area contributed by atoms with Crippen molar-refractivity contribution in [2.75, 3.05) is 24.6 Å². The van der Waals surface area contributed by atoms with Crippen molar-refractivity contribution in [1.82, 2.24) is 0 Å². The predicted molar refractivity (Wildman–Crippen MR) is 168 cm³/mol. The fraction of sp³-hybridized carbons (Fsp3) is 0.500. The van der Waals surface area contributed by atoms with E-state index >= 15 is 0 Å². The average Bonchev–Trinajstić information content (AvgIpc) is 3.14. The van der Waals surface area contributed by atoms with Crippen molar-refractivity contribution in [1.29, 1.82) is 0 Å². The molecule has 1 spiro atoms. The lowest BCUT2D eigenvalue weighted by Gasteiger charge is -2.52. The maximum Gasteiger partial charge on any atom is 0.248 e. The van der Waals surface area contributed by atoms with E-state index in [1.54, 1.807) is 30.4 Å². The topological polar surface area (TPSA) is 110 Å². The number of allylic oxidation sites excluding steroid dienone is 1. The molecule has 226 valence electrons. The normalized spacial score (nSPS) is 28.3. The van der Waals surface area contributed by atoms with Crippen molar-refractivity contribution in [2.24, 2.45) is 17.1 Å². The number of fused-ring (bicyclic) bond motifs is 3. The number of amides is 1. The van der Waals surface area contributed by atoms with E-state index in [4.69, 9.17) is 10.5 Å². The number of ether oxygens (including phenoxy) is 1. The molecule has 0 saturated heterocycles. The van der Waals surface area contributed by atoms with Gasteiger partial charge in [0.15, 0.2) is 9.84 Å². The second-order valence-electron chi connectivity index (χ2n) is 12.7. The fourth-order valence-corrected chi connectivity index (χ4v) is 9.87. The molecular weight excluding hydrogens is 548 g/mol. The summed E-state index contributed by atoms with van der Waals surface area (Å²) < 4.78 is 35.4. The highest BCUT2D eigenvalue weighted by atomic mass is 32.2. The van der Waals surface area contributed by atoms with Crippen LogP contribution in [0.5, 0.6) is 5.75 Å². The Morgan fingerprint density at radius 3 is 2.67 bits per heavy atom. The Bertz CT molecular complexity index is 1470. The Labute approximate surface area is 250 Å². The van der Waals surface area contributed by atoms with Gasteiger partial charge >= 0.3 is 0 Å². The van der Waals surface area contributed by atoms with Gasteiger partial charge in [-0.2, -0.15) is 0 Å². The van der Waals surface area contributed by atoms with Gasteiger partial charge in [-0.25, -0.2) is 8.42 Å².